The van der Waals surface area contributed by atoms with Gasteiger partial charge in [0.2, 0.25) is 0 Å². The Morgan fingerprint density at radius 2 is 1.89 bits per heavy atom. The molecule has 27 heavy (non-hydrogen) atoms. The number of nitrogens with one attached hydrogen (secondary N) is 2. The van der Waals surface area contributed by atoms with Crippen LogP contribution in [0.25, 0.3) is 0 Å². The van der Waals surface area contributed by atoms with Crippen LogP contribution in [0.3, 0.4) is 0 Å². The number of carbonyl (C=O) groups excluding carboxylic acids is 2. The van der Waals surface area contributed by atoms with Gasteiger partial charge in [0.05, 0.1) is 16.8 Å². The van der Waals surface area contributed by atoms with E-state index in [9.17, 15) is 14.7 Å². The van der Waals surface area contributed by atoms with E-state index in [1.54, 1.807) is 32.0 Å². The van der Waals surface area contributed by atoms with E-state index >= 15 is 0 Å². The molecule has 142 valence electrons. The Morgan fingerprint density at radius 1 is 1.15 bits per heavy atom. The number of hydrazone groups is 1. The summed E-state index contributed by atoms with van der Waals surface area (Å²) in [7, 11) is 0. The summed E-state index contributed by atoms with van der Waals surface area (Å²) in [6.45, 7) is 3.60. The van der Waals surface area contributed by atoms with Crippen molar-refractivity contribution in [3.05, 3.63) is 63.6 Å². The molecule has 0 heterocycles. The molecule has 1 unspecified atom stereocenters. The highest BCUT2D eigenvalue weighted by Gasteiger charge is 2.25. The molecule has 0 saturated carbocycles. The average Bonchev–Trinajstić information content (AvgIpc) is 2.59. The van der Waals surface area contributed by atoms with Crippen LogP contribution >= 0.6 is 23.2 Å². The predicted molar refractivity (Wildman–Crippen MR) is 106 cm³/mol. The van der Waals surface area contributed by atoms with Crippen molar-refractivity contribution >= 4 is 41.2 Å². The van der Waals surface area contributed by atoms with Crippen LogP contribution in [0.2, 0.25) is 10.0 Å². The molecule has 1 atom stereocenters. The molecule has 2 aromatic rings. The van der Waals surface area contributed by atoms with Gasteiger partial charge in [0.1, 0.15) is 11.8 Å². The molecule has 0 aromatic heterocycles. The average molecular weight is 408 g/mol. The number of phenolic OH excluding ortho intramolecular Hbond substituents is 1. The second kappa shape index (κ2) is 9.39. The van der Waals surface area contributed by atoms with Gasteiger partial charge in [-0.25, -0.2) is 5.43 Å². The van der Waals surface area contributed by atoms with Crippen LogP contribution in [-0.4, -0.2) is 29.2 Å². The monoisotopic (exact) mass is 407 g/mol. The van der Waals surface area contributed by atoms with Gasteiger partial charge in [0, 0.05) is 5.02 Å². The highest BCUT2D eigenvalue weighted by molar-refractivity contribution is 6.36. The minimum atomic E-state index is -0.814. The van der Waals surface area contributed by atoms with Gasteiger partial charge in [-0.3, -0.25) is 9.59 Å². The molecule has 2 rings (SSSR count). The van der Waals surface area contributed by atoms with E-state index in [1.807, 2.05) is 0 Å². The van der Waals surface area contributed by atoms with E-state index < -0.39 is 17.9 Å². The third-order valence-corrected chi connectivity index (χ3v) is 4.22. The van der Waals surface area contributed by atoms with Crippen molar-refractivity contribution in [3.63, 3.8) is 0 Å². The minimum Gasteiger partial charge on any atom is -0.508 e. The lowest BCUT2D eigenvalue weighted by molar-refractivity contribution is -0.123. The first-order chi connectivity index (χ1) is 12.8. The molecule has 0 saturated heterocycles. The zero-order valence-electron chi connectivity index (χ0n) is 14.7. The molecule has 6 nitrogen and oxygen atoms in total. The fourth-order valence-corrected chi connectivity index (χ4v) is 2.77. The van der Waals surface area contributed by atoms with Gasteiger partial charge in [-0.2, -0.15) is 5.10 Å². The minimum absolute atomic E-state index is 0.0949. The smallest absolute Gasteiger partial charge is 0.262 e. The first-order valence-electron chi connectivity index (χ1n) is 8.16. The number of halogens is 2. The lowest BCUT2D eigenvalue weighted by Gasteiger charge is -2.20. The summed E-state index contributed by atoms with van der Waals surface area (Å²) in [5.41, 5.74) is 3.24. The molecule has 8 heteroatoms. The summed E-state index contributed by atoms with van der Waals surface area (Å²) >= 11 is 11.9. The standard InChI is InChI=1S/C19H19Cl2N3O3/c1-11(2)17(23-18(26)15-7-6-13(20)9-16(15)21)19(27)24-22-10-12-4-3-5-14(25)8-12/h3-11,17,25H,1-2H3,(H,23,26)(H,24,27)/b22-10+. The van der Waals surface area contributed by atoms with E-state index in [4.69, 9.17) is 23.2 Å². The molecule has 0 aliphatic rings. The Morgan fingerprint density at radius 3 is 2.52 bits per heavy atom. The third-order valence-electron chi connectivity index (χ3n) is 3.67. The van der Waals surface area contributed by atoms with E-state index in [0.717, 1.165) is 0 Å². The molecule has 0 radical (unpaired) electrons. The lowest BCUT2D eigenvalue weighted by Crippen LogP contribution is -2.48. The summed E-state index contributed by atoms with van der Waals surface area (Å²) in [4.78, 5) is 24.8. The number of rotatable bonds is 6. The number of benzene rings is 2. The Bertz CT molecular complexity index is 869. The maximum absolute atomic E-state index is 12.4. The van der Waals surface area contributed by atoms with E-state index in [0.29, 0.717) is 10.6 Å². The van der Waals surface area contributed by atoms with Crippen molar-refractivity contribution in [3.8, 4) is 5.75 Å². The number of aromatic hydroxyl groups is 1. The SMILES string of the molecule is CC(C)C(NC(=O)c1ccc(Cl)cc1Cl)C(=O)N/N=C/c1cccc(O)c1. The number of carbonyl (C=O) groups is 2. The molecule has 3 N–H and O–H groups in total. The van der Waals surface area contributed by atoms with Crippen LogP contribution in [0.15, 0.2) is 47.6 Å². The normalized spacial score (nSPS) is 12.2. The summed E-state index contributed by atoms with van der Waals surface area (Å²) in [6, 6.07) is 10.1. The van der Waals surface area contributed by atoms with E-state index in [1.165, 1.54) is 30.5 Å². The quantitative estimate of drug-likeness (QED) is 0.504. The predicted octanol–water partition coefficient (Wildman–Crippen LogP) is 3.60. The summed E-state index contributed by atoms with van der Waals surface area (Å²) < 4.78 is 0. The van der Waals surface area contributed by atoms with E-state index in [2.05, 4.69) is 15.8 Å². The second-order valence-corrected chi connectivity index (χ2v) is 6.99. The Kier molecular flexibility index (Phi) is 7.21. The summed E-state index contributed by atoms with van der Waals surface area (Å²) in [5.74, 6) is -1.05. The number of hydrogen-bond donors (Lipinski definition) is 3. The first-order valence-corrected chi connectivity index (χ1v) is 8.91. The molecule has 2 amide bonds. The molecule has 0 bridgehead atoms. The second-order valence-electron chi connectivity index (χ2n) is 6.15. The summed E-state index contributed by atoms with van der Waals surface area (Å²) in [5, 5.41) is 16.5. The van der Waals surface area contributed by atoms with Gasteiger partial charge in [-0.1, -0.05) is 49.2 Å². The van der Waals surface area contributed by atoms with Crippen LogP contribution in [-0.2, 0) is 4.79 Å². The van der Waals surface area contributed by atoms with Crippen LogP contribution in [0.4, 0.5) is 0 Å². The highest BCUT2D eigenvalue weighted by atomic mass is 35.5. The first kappa shape index (κ1) is 20.7. The van der Waals surface area contributed by atoms with Crippen LogP contribution in [0.1, 0.15) is 29.8 Å². The van der Waals surface area contributed by atoms with Gasteiger partial charge in [0.25, 0.3) is 11.8 Å². The number of amides is 2. The molecule has 0 fully saturated rings. The largest absolute Gasteiger partial charge is 0.508 e. The third kappa shape index (κ3) is 5.98. The summed E-state index contributed by atoms with van der Waals surface area (Å²) in [6.07, 6.45) is 1.40. The molecule has 0 aliphatic carbocycles. The number of phenols is 1. The van der Waals surface area contributed by atoms with Crippen molar-refractivity contribution in [2.24, 2.45) is 11.0 Å². The fraction of sp³-hybridized carbons (Fsp3) is 0.211. The number of hydrogen-bond acceptors (Lipinski definition) is 4. The zero-order chi connectivity index (χ0) is 20.0. The lowest BCUT2D eigenvalue weighted by atomic mass is 10.0. The van der Waals surface area contributed by atoms with Gasteiger partial charge < -0.3 is 10.4 Å². The number of nitrogens with zero attached hydrogens (tertiary/aromatic N) is 1. The maximum atomic E-state index is 12.4. The molecule has 0 aliphatic heterocycles. The van der Waals surface area contributed by atoms with Crippen LogP contribution < -0.4 is 10.7 Å². The molecule has 2 aromatic carbocycles. The van der Waals surface area contributed by atoms with Crippen molar-refractivity contribution < 1.29 is 14.7 Å². The molecular formula is C19H19Cl2N3O3. The van der Waals surface area contributed by atoms with Gasteiger partial charge >= 0.3 is 0 Å². The topological polar surface area (TPSA) is 90.8 Å². The molecular weight excluding hydrogens is 389 g/mol. The van der Waals surface area contributed by atoms with Gasteiger partial charge in [-0.05, 0) is 41.8 Å². The van der Waals surface area contributed by atoms with Crippen molar-refractivity contribution in [1.82, 2.24) is 10.7 Å². The van der Waals surface area contributed by atoms with Crippen molar-refractivity contribution in [2.45, 2.75) is 19.9 Å². The van der Waals surface area contributed by atoms with Crippen molar-refractivity contribution in [1.29, 1.82) is 0 Å². The zero-order valence-corrected chi connectivity index (χ0v) is 16.3. The maximum Gasteiger partial charge on any atom is 0.262 e. The fourth-order valence-electron chi connectivity index (χ4n) is 2.27. The van der Waals surface area contributed by atoms with Crippen molar-refractivity contribution in [2.75, 3.05) is 0 Å². The van der Waals surface area contributed by atoms with Crippen LogP contribution in [0, 0.1) is 5.92 Å². The Hall–Kier alpha value is -2.57. The highest BCUT2D eigenvalue weighted by Crippen LogP contribution is 2.21. The molecule has 0 spiro atoms. The van der Waals surface area contributed by atoms with E-state index in [-0.39, 0.29) is 22.3 Å². The Balaban J connectivity index is 2.05. The van der Waals surface area contributed by atoms with Gasteiger partial charge in [-0.15, -0.1) is 0 Å². The van der Waals surface area contributed by atoms with Gasteiger partial charge in [0.15, 0.2) is 0 Å². The van der Waals surface area contributed by atoms with Crippen LogP contribution in [0.5, 0.6) is 5.75 Å². The Labute approximate surface area is 167 Å².